The van der Waals surface area contributed by atoms with Crippen LogP contribution in [0.25, 0.3) is 5.69 Å². The minimum absolute atomic E-state index is 0.128. The number of furan rings is 1. The highest BCUT2D eigenvalue weighted by molar-refractivity contribution is 7.99. The third-order valence-corrected chi connectivity index (χ3v) is 6.75. The van der Waals surface area contributed by atoms with Crippen molar-refractivity contribution in [1.29, 1.82) is 0 Å². The number of aromatic nitrogens is 3. The van der Waals surface area contributed by atoms with Gasteiger partial charge in [-0.05, 0) is 73.5 Å². The fourth-order valence-corrected chi connectivity index (χ4v) is 4.94. The van der Waals surface area contributed by atoms with Gasteiger partial charge in [0.25, 0.3) is 5.91 Å². The number of carbonyl (C=O) groups is 1. The second-order valence-corrected chi connectivity index (χ2v) is 9.18. The maximum atomic E-state index is 13.4. The minimum Gasteiger partial charge on any atom is -0.497 e. The topological polar surface area (TPSA) is 85.8 Å². The second-order valence-electron chi connectivity index (χ2n) is 8.24. The average Bonchev–Trinajstić information content (AvgIpc) is 3.62. The Balaban J connectivity index is 1.38. The summed E-state index contributed by atoms with van der Waals surface area (Å²) in [4.78, 5) is 13.4. The largest absolute Gasteiger partial charge is 0.497 e. The molecule has 3 heterocycles. The molecule has 0 spiro atoms. The molecule has 2 aromatic heterocycles. The molecule has 1 aliphatic rings. The molecule has 4 aromatic rings. The van der Waals surface area contributed by atoms with Gasteiger partial charge >= 0.3 is 0 Å². The van der Waals surface area contributed by atoms with Gasteiger partial charge in [0.1, 0.15) is 23.4 Å². The van der Waals surface area contributed by atoms with Crippen LogP contribution in [0.5, 0.6) is 5.75 Å². The number of hydrogen-bond donors (Lipinski definition) is 0. The summed E-state index contributed by atoms with van der Waals surface area (Å²) in [6.07, 6.45) is 2.18. The molecule has 8 nitrogen and oxygen atoms in total. The number of aryl methyl sites for hydroxylation is 2. The molecular weight excluding hydrogens is 462 g/mol. The predicted molar refractivity (Wildman–Crippen MR) is 134 cm³/mol. The first kappa shape index (κ1) is 22.9. The predicted octanol–water partition coefficient (Wildman–Crippen LogP) is 4.96. The van der Waals surface area contributed by atoms with Crippen LogP contribution in [0.2, 0.25) is 0 Å². The quantitative estimate of drug-likeness (QED) is 0.343. The van der Waals surface area contributed by atoms with Crippen molar-refractivity contribution in [3.8, 4) is 11.4 Å². The van der Waals surface area contributed by atoms with Gasteiger partial charge in [-0.15, -0.1) is 10.2 Å². The number of hydrazone groups is 1. The fraction of sp³-hybridized carbons (Fsp3) is 0.231. The molecular formula is C26H25N5O3S. The van der Waals surface area contributed by atoms with E-state index in [1.165, 1.54) is 16.8 Å². The van der Waals surface area contributed by atoms with E-state index >= 15 is 0 Å². The zero-order chi connectivity index (χ0) is 24.4. The van der Waals surface area contributed by atoms with E-state index < -0.39 is 0 Å². The van der Waals surface area contributed by atoms with E-state index in [0.717, 1.165) is 34.1 Å². The van der Waals surface area contributed by atoms with Crippen LogP contribution in [0, 0.1) is 13.8 Å². The second kappa shape index (κ2) is 9.79. The van der Waals surface area contributed by atoms with Crippen molar-refractivity contribution in [1.82, 2.24) is 19.8 Å². The SMILES string of the molecule is COc1ccc(C2=NN(C(=O)CSc3nnc(C)n3-c3cccc(C)c3)[C@@H](c3ccco3)C2)cc1. The van der Waals surface area contributed by atoms with Crippen LogP contribution >= 0.6 is 11.8 Å². The number of amides is 1. The monoisotopic (exact) mass is 487 g/mol. The van der Waals surface area contributed by atoms with E-state index in [2.05, 4.69) is 16.3 Å². The Bertz CT molecular complexity index is 1360. The van der Waals surface area contributed by atoms with Crippen LogP contribution < -0.4 is 4.74 Å². The normalized spacial score (nSPS) is 15.3. The summed E-state index contributed by atoms with van der Waals surface area (Å²) in [5.74, 6) is 2.28. The molecule has 5 rings (SSSR count). The van der Waals surface area contributed by atoms with Crippen molar-refractivity contribution in [3.05, 3.63) is 89.6 Å². The molecule has 0 bridgehead atoms. The summed E-state index contributed by atoms with van der Waals surface area (Å²) in [5.41, 5.74) is 3.88. The third kappa shape index (κ3) is 4.72. The fourth-order valence-electron chi connectivity index (χ4n) is 4.09. The first-order chi connectivity index (χ1) is 17.0. The van der Waals surface area contributed by atoms with Crippen LogP contribution in [0.15, 0.2) is 81.6 Å². The van der Waals surface area contributed by atoms with Gasteiger partial charge in [0.05, 0.1) is 24.8 Å². The Labute approximate surface area is 207 Å². The lowest BCUT2D eigenvalue weighted by Crippen LogP contribution is -2.28. The van der Waals surface area contributed by atoms with Crippen molar-refractivity contribution in [2.75, 3.05) is 12.9 Å². The van der Waals surface area contributed by atoms with E-state index in [-0.39, 0.29) is 17.7 Å². The molecule has 1 atom stereocenters. The highest BCUT2D eigenvalue weighted by Crippen LogP contribution is 2.34. The lowest BCUT2D eigenvalue weighted by Gasteiger charge is -2.19. The number of benzene rings is 2. The molecule has 0 saturated carbocycles. The Morgan fingerprint density at radius 3 is 2.66 bits per heavy atom. The van der Waals surface area contributed by atoms with Gasteiger partial charge in [-0.2, -0.15) is 5.10 Å². The average molecular weight is 488 g/mol. The molecule has 35 heavy (non-hydrogen) atoms. The van der Waals surface area contributed by atoms with Gasteiger partial charge in [-0.1, -0.05) is 23.9 Å². The summed E-state index contributed by atoms with van der Waals surface area (Å²) >= 11 is 1.35. The number of hydrogen-bond acceptors (Lipinski definition) is 7. The minimum atomic E-state index is -0.299. The van der Waals surface area contributed by atoms with Crippen molar-refractivity contribution in [2.24, 2.45) is 5.10 Å². The van der Waals surface area contributed by atoms with Gasteiger partial charge in [0, 0.05) is 12.1 Å². The molecule has 0 N–H and O–H groups in total. The Morgan fingerprint density at radius 1 is 1.11 bits per heavy atom. The zero-order valence-corrected chi connectivity index (χ0v) is 20.5. The van der Waals surface area contributed by atoms with E-state index in [1.807, 2.05) is 73.0 Å². The molecule has 0 radical (unpaired) electrons. The van der Waals surface area contributed by atoms with E-state index in [9.17, 15) is 4.79 Å². The molecule has 0 fully saturated rings. The molecule has 178 valence electrons. The molecule has 9 heteroatoms. The number of methoxy groups -OCH3 is 1. The summed E-state index contributed by atoms with van der Waals surface area (Å²) < 4.78 is 12.9. The summed E-state index contributed by atoms with van der Waals surface area (Å²) in [6.45, 7) is 3.94. The molecule has 0 unspecified atom stereocenters. The highest BCUT2D eigenvalue weighted by Gasteiger charge is 2.35. The lowest BCUT2D eigenvalue weighted by atomic mass is 10.0. The third-order valence-electron chi connectivity index (χ3n) is 5.84. The van der Waals surface area contributed by atoms with Gasteiger partial charge < -0.3 is 9.15 Å². The van der Waals surface area contributed by atoms with Gasteiger partial charge in [0.2, 0.25) is 0 Å². The van der Waals surface area contributed by atoms with Crippen molar-refractivity contribution in [2.45, 2.75) is 31.5 Å². The molecule has 1 amide bonds. The first-order valence-electron chi connectivity index (χ1n) is 11.2. The van der Waals surface area contributed by atoms with Crippen LogP contribution in [0.4, 0.5) is 0 Å². The Kier molecular flexibility index (Phi) is 6.41. The number of nitrogens with zero attached hydrogens (tertiary/aromatic N) is 5. The number of thioether (sulfide) groups is 1. The zero-order valence-electron chi connectivity index (χ0n) is 19.7. The Morgan fingerprint density at radius 2 is 1.94 bits per heavy atom. The van der Waals surface area contributed by atoms with Gasteiger partial charge in [-0.25, -0.2) is 5.01 Å². The standard InChI is InChI=1S/C26H25N5O3S/c1-17-6-4-7-20(14-17)30-18(2)27-28-26(30)35-16-25(32)31-23(24-8-5-13-34-24)15-22(29-31)19-9-11-21(33-3)12-10-19/h4-14,23H,15-16H2,1-3H3/t23-/m1/s1. The molecule has 2 aromatic carbocycles. The Hall–Kier alpha value is -3.85. The highest BCUT2D eigenvalue weighted by atomic mass is 32.2. The summed E-state index contributed by atoms with van der Waals surface area (Å²) in [7, 11) is 1.63. The first-order valence-corrected chi connectivity index (χ1v) is 12.2. The van der Waals surface area contributed by atoms with Crippen LogP contribution in [0.1, 0.15) is 35.2 Å². The summed E-state index contributed by atoms with van der Waals surface area (Å²) in [6, 6.07) is 19.2. The van der Waals surface area contributed by atoms with Gasteiger partial charge in [-0.3, -0.25) is 9.36 Å². The van der Waals surface area contributed by atoms with Crippen molar-refractivity contribution < 1.29 is 13.9 Å². The number of rotatable bonds is 7. The van der Waals surface area contributed by atoms with Crippen molar-refractivity contribution in [3.63, 3.8) is 0 Å². The summed E-state index contributed by atoms with van der Waals surface area (Å²) in [5, 5.41) is 15.4. The number of carbonyl (C=O) groups excluding carboxylic acids is 1. The maximum absolute atomic E-state index is 13.4. The smallest absolute Gasteiger partial charge is 0.253 e. The molecule has 0 aliphatic carbocycles. The van der Waals surface area contributed by atoms with E-state index in [1.54, 1.807) is 13.4 Å². The maximum Gasteiger partial charge on any atom is 0.253 e. The van der Waals surface area contributed by atoms with Gasteiger partial charge in [0.15, 0.2) is 5.16 Å². The molecule has 0 saturated heterocycles. The molecule has 1 aliphatic heterocycles. The van der Waals surface area contributed by atoms with E-state index in [0.29, 0.717) is 17.3 Å². The van der Waals surface area contributed by atoms with Crippen LogP contribution in [0.3, 0.4) is 0 Å². The van der Waals surface area contributed by atoms with Crippen molar-refractivity contribution >= 4 is 23.4 Å². The van der Waals surface area contributed by atoms with E-state index in [4.69, 9.17) is 14.3 Å². The lowest BCUT2D eigenvalue weighted by molar-refractivity contribution is -0.130. The number of ether oxygens (including phenoxy) is 1. The van der Waals surface area contributed by atoms with Crippen LogP contribution in [-0.2, 0) is 4.79 Å². The van der Waals surface area contributed by atoms with Crippen LogP contribution in [-0.4, -0.2) is 44.3 Å².